The summed E-state index contributed by atoms with van der Waals surface area (Å²) < 4.78 is 5.32. The summed E-state index contributed by atoms with van der Waals surface area (Å²) in [4.78, 5) is 31.9. The maximum absolute atomic E-state index is 13.4. The van der Waals surface area contributed by atoms with Crippen LogP contribution in [0.25, 0.3) is 0 Å². The molecule has 0 aliphatic heterocycles. The lowest BCUT2D eigenvalue weighted by atomic mass is 9.86. The van der Waals surface area contributed by atoms with Crippen LogP contribution in [0.3, 0.4) is 0 Å². The molecule has 0 bridgehead atoms. The number of anilines is 1. The first-order valence-corrected chi connectivity index (χ1v) is 14.6. The van der Waals surface area contributed by atoms with E-state index in [-0.39, 0.29) is 12.1 Å². The quantitative estimate of drug-likeness (QED) is 0.375. The molecule has 0 radical (unpaired) electrons. The molecular formula is C27H37N3O4S2. The summed E-state index contributed by atoms with van der Waals surface area (Å²) >= 11 is 2.77. The van der Waals surface area contributed by atoms with Gasteiger partial charge in [0.1, 0.15) is 10.5 Å². The minimum atomic E-state index is -0.782. The summed E-state index contributed by atoms with van der Waals surface area (Å²) in [6.45, 7) is 2.91. The van der Waals surface area contributed by atoms with Crippen LogP contribution in [0.4, 0.5) is 9.93 Å². The van der Waals surface area contributed by atoms with Gasteiger partial charge < -0.3 is 14.7 Å². The van der Waals surface area contributed by atoms with Crippen molar-refractivity contribution in [2.24, 2.45) is 5.92 Å². The smallest absolute Gasteiger partial charge is 0.323 e. The van der Waals surface area contributed by atoms with E-state index in [0.29, 0.717) is 30.4 Å². The Bertz CT molecular complexity index is 1010. The SMILES string of the molecule is COc1ccc(CCN(C(=O)Nc2ncc(SC3(C(=O)O)CCCCC3)s2)[C@H]2CC[C@H](C)CC2)cc1. The molecule has 2 aliphatic rings. The molecular weight excluding hydrogens is 494 g/mol. The average Bonchev–Trinajstić information content (AvgIpc) is 3.32. The number of carboxylic acids is 1. The fraction of sp³-hybridized carbons (Fsp3) is 0.593. The first-order valence-electron chi connectivity index (χ1n) is 13.0. The summed E-state index contributed by atoms with van der Waals surface area (Å²) in [5, 5.41) is 13.4. The van der Waals surface area contributed by atoms with Crippen molar-refractivity contribution in [3.05, 3.63) is 36.0 Å². The van der Waals surface area contributed by atoms with Gasteiger partial charge in [-0.2, -0.15) is 0 Å². The number of amides is 2. The van der Waals surface area contributed by atoms with Crippen LogP contribution < -0.4 is 10.1 Å². The van der Waals surface area contributed by atoms with Crippen LogP contribution in [0.2, 0.25) is 0 Å². The highest BCUT2D eigenvalue weighted by atomic mass is 32.2. The number of carbonyl (C=O) groups is 2. The molecule has 1 aromatic heterocycles. The molecule has 9 heteroatoms. The van der Waals surface area contributed by atoms with E-state index in [0.717, 1.165) is 66.9 Å². The third-order valence-electron chi connectivity index (χ3n) is 7.53. The van der Waals surface area contributed by atoms with Gasteiger partial charge in [-0.3, -0.25) is 10.1 Å². The molecule has 1 aromatic carbocycles. The Hall–Kier alpha value is -2.26. The molecule has 2 amide bonds. The van der Waals surface area contributed by atoms with Gasteiger partial charge in [-0.15, -0.1) is 0 Å². The van der Waals surface area contributed by atoms with Crippen molar-refractivity contribution in [1.82, 2.24) is 9.88 Å². The minimum absolute atomic E-state index is 0.125. The van der Waals surface area contributed by atoms with Gasteiger partial charge in [-0.05, 0) is 68.6 Å². The molecule has 0 atom stereocenters. The van der Waals surface area contributed by atoms with Gasteiger partial charge in [0, 0.05) is 12.6 Å². The number of thiazole rings is 1. The number of methoxy groups -OCH3 is 1. The van der Waals surface area contributed by atoms with Crippen LogP contribution in [0.15, 0.2) is 34.7 Å². The summed E-state index contributed by atoms with van der Waals surface area (Å²) in [5.41, 5.74) is 1.16. The van der Waals surface area contributed by atoms with E-state index in [1.807, 2.05) is 29.2 Å². The van der Waals surface area contributed by atoms with E-state index in [1.54, 1.807) is 13.3 Å². The first-order chi connectivity index (χ1) is 17.4. The van der Waals surface area contributed by atoms with E-state index >= 15 is 0 Å². The van der Waals surface area contributed by atoms with Crippen molar-refractivity contribution in [3.8, 4) is 5.75 Å². The molecule has 7 nitrogen and oxygen atoms in total. The molecule has 2 N–H and O–H groups in total. The van der Waals surface area contributed by atoms with Crippen molar-refractivity contribution in [3.63, 3.8) is 0 Å². The number of carbonyl (C=O) groups excluding carboxylic acids is 1. The summed E-state index contributed by atoms with van der Waals surface area (Å²) in [6, 6.07) is 8.09. The normalized spacial score (nSPS) is 21.5. The number of aromatic nitrogens is 1. The Labute approximate surface area is 222 Å². The number of urea groups is 1. The monoisotopic (exact) mass is 531 g/mol. The van der Waals surface area contributed by atoms with E-state index in [9.17, 15) is 14.7 Å². The van der Waals surface area contributed by atoms with Gasteiger partial charge in [-0.1, -0.05) is 61.4 Å². The number of ether oxygens (including phenoxy) is 1. The van der Waals surface area contributed by atoms with Gasteiger partial charge in [-0.25, -0.2) is 9.78 Å². The fourth-order valence-corrected chi connectivity index (χ4v) is 7.74. The maximum Gasteiger partial charge on any atom is 0.323 e. The van der Waals surface area contributed by atoms with Crippen LogP contribution in [0.5, 0.6) is 5.75 Å². The van der Waals surface area contributed by atoms with Crippen LogP contribution in [0, 0.1) is 5.92 Å². The number of hydrogen-bond donors (Lipinski definition) is 2. The fourth-order valence-electron chi connectivity index (χ4n) is 5.25. The number of benzene rings is 1. The number of hydrogen-bond acceptors (Lipinski definition) is 6. The first kappa shape index (κ1) is 26.8. The zero-order valence-corrected chi connectivity index (χ0v) is 22.8. The molecule has 36 heavy (non-hydrogen) atoms. The predicted molar refractivity (Wildman–Crippen MR) is 145 cm³/mol. The Kier molecular flexibility index (Phi) is 9.17. The van der Waals surface area contributed by atoms with Crippen LogP contribution in [-0.2, 0) is 11.2 Å². The number of nitrogens with one attached hydrogen (secondary N) is 1. The van der Waals surface area contributed by atoms with Crippen molar-refractivity contribution in [2.75, 3.05) is 19.0 Å². The molecule has 196 valence electrons. The number of carboxylic acid groups (broad SMARTS) is 1. The van der Waals surface area contributed by atoms with Crippen LogP contribution in [-0.4, -0.2) is 51.4 Å². The molecule has 2 saturated carbocycles. The molecule has 0 unspecified atom stereocenters. The van der Waals surface area contributed by atoms with Gasteiger partial charge in [0.25, 0.3) is 0 Å². The highest BCUT2D eigenvalue weighted by Crippen LogP contribution is 2.46. The Morgan fingerprint density at radius 1 is 1.17 bits per heavy atom. The third kappa shape index (κ3) is 6.73. The van der Waals surface area contributed by atoms with Crippen LogP contribution in [0.1, 0.15) is 70.3 Å². The Balaban J connectivity index is 1.42. The van der Waals surface area contributed by atoms with E-state index in [4.69, 9.17) is 4.74 Å². The number of thioether (sulfide) groups is 1. The molecule has 4 rings (SSSR count). The molecule has 2 fully saturated rings. The largest absolute Gasteiger partial charge is 0.497 e. The highest BCUT2D eigenvalue weighted by molar-refractivity contribution is 8.03. The second-order valence-corrected chi connectivity index (χ2v) is 12.8. The molecule has 1 heterocycles. The van der Waals surface area contributed by atoms with Gasteiger partial charge in [0.2, 0.25) is 0 Å². The Morgan fingerprint density at radius 2 is 1.86 bits per heavy atom. The van der Waals surface area contributed by atoms with Crippen molar-refractivity contribution >= 4 is 40.2 Å². The van der Waals surface area contributed by atoms with Crippen molar-refractivity contribution < 1.29 is 19.4 Å². The lowest BCUT2D eigenvalue weighted by Gasteiger charge is -2.36. The van der Waals surface area contributed by atoms with Crippen LogP contribution >= 0.6 is 23.1 Å². The highest BCUT2D eigenvalue weighted by Gasteiger charge is 2.41. The zero-order valence-electron chi connectivity index (χ0n) is 21.2. The van der Waals surface area contributed by atoms with E-state index < -0.39 is 10.7 Å². The topological polar surface area (TPSA) is 91.8 Å². The van der Waals surface area contributed by atoms with Crippen molar-refractivity contribution in [2.45, 2.75) is 86.1 Å². The zero-order chi connectivity index (χ0) is 25.5. The summed E-state index contributed by atoms with van der Waals surface area (Å²) in [5.74, 6) is 0.778. The molecule has 0 saturated heterocycles. The Morgan fingerprint density at radius 3 is 2.50 bits per heavy atom. The van der Waals surface area contributed by atoms with Crippen molar-refractivity contribution in [1.29, 1.82) is 0 Å². The number of aliphatic carboxylic acids is 1. The molecule has 0 spiro atoms. The molecule has 2 aliphatic carbocycles. The third-order valence-corrected chi connectivity index (χ3v) is 10.0. The lowest BCUT2D eigenvalue weighted by Crippen LogP contribution is -2.45. The predicted octanol–water partition coefficient (Wildman–Crippen LogP) is 6.69. The van der Waals surface area contributed by atoms with Gasteiger partial charge >= 0.3 is 12.0 Å². The van der Waals surface area contributed by atoms with Gasteiger partial charge in [0.15, 0.2) is 5.13 Å². The van der Waals surface area contributed by atoms with E-state index in [1.165, 1.54) is 23.1 Å². The average molecular weight is 532 g/mol. The summed E-state index contributed by atoms with van der Waals surface area (Å²) in [7, 11) is 1.66. The lowest BCUT2D eigenvalue weighted by molar-refractivity contribution is -0.140. The second kappa shape index (κ2) is 12.3. The standard InChI is InChI=1S/C27H37N3O4S2/c1-19-6-10-21(11-7-19)30(17-14-20-8-12-22(34-2)13-9-20)26(33)29-25-28-18-23(35-25)36-27(24(31)32)15-4-3-5-16-27/h8-9,12-13,18-19,21H,3-7,10-11,14-17H2,1-2H3,(H,31,32)(H,28,29,33)/t19-,21-. The van der Waals surface area contributed by atoms with Gasteiger partial charge in [0.05, 0.1) is 17.5 Å². The summed E-state index contributed by atoms with van der Waals surface area (Å²) in [6.07, 6.45) is 11.1. The molecule has 2 aromatic rings. The van der Waals surface area contributed by atoms with E-state index in [2.05, 4.69) is 17.2 Å². The second-order valence-electron chi connectivity index (χ2n) is 10.1. The maximum atomic E-state index is 13.4. The number of rotatable bonds is 9. The number of nitrogens with zero attached hydrogens (tertiary/aromatic N) is 2. The minimum Gasteiger partial charge on any atom is -0.497 e.